The van der Waals surface area contributed by atoms with E-state index >= 15 is 0 Å². The molecule has 0 amide bonds. The molecule has 0 fully saturated rings. The molecule has 2 aromatic carbocycles. The monoisotopic (exact) mass is 303 g/mol. The van der Waals surface area contributed by atoms with Crippen molar-refractivity contribution in [3.8, 4) is 5.75 Å². The largest absolute Gasteiger partial charge is 0.487 e. The van der Waals surface area contributed by atoms with Gasteiger partial charge in [0.25, 0.3) is 0 Å². The molecule has 0 aliphatic carbocycles. The van der Waals surface area contributed by atoms with Gasteiger partial charge in [-0.25, -0.2) is 9.18 Å². The Morgan fingerprint density at radius 1 is 1.18 bits per heavy atom. The highest BCUT2D eigenvalue weighted by molar-refractivity contribution is 5.91. The van der Waals surface area contributed by atoms with Gasteiger partial charge in [0.1, 0.15) is 18.2 Å². The van der Waals surface area contributed by atoms with Gasteiger partial charge < -0.3 is 15.2 Å². The van der Waals surface area contributed by atoms with E-state index in [0.717, 1.165) is 5.56 Å². The molecule has 0 aliphatic rings. The van der Waals surface area contributed by atoms with E-state index in [4.69, 9.17) is 15.2 Å². The molecular formula is C17H18FNO3. The molecule has 0 saturated heterocycles. The van der Waals surface area contributed by atoms with Crippen molar-refractivity contribution in [2.45, 2.75) is 26.6 Å². The highest BCUT2D eigenvalue weighted by atomic mass is 19.1. The minimum Gasteiger partial charge on any atom is -0.487 e. The van der Waals surface area contributed by atoms with Crippen molar-refractivity contribution in [1.82, 2.24) is 0 Å². The molecule has 0 bridgehead atoms. The lowest BCUT2D eigenvalue weighted by molar-refractivity contribution is 0.0378. The van der Waals surface area contributed by atoms with Crippen molar-refractivity contribution in [2.24, 2.45) is 0 Å². The van der Waals surface area contributed by atoms with Gasteiger partial charge in [-0.15, -0.1) is 0 Å². The lowest BCUT2D eigenvalue weighted by atomic mass is 10.2. The average Bonchev–Trinajstić information content (AvgIpc) is 2.47. The predicted molar refractivity (Wildman–Crippen MR) is 82.1 cm³/mol. The van der Waals surface area contributed by atoms with Crippen LogP contribution in [0.15, 0.2) is 42.5 Å². The maximum atomic E-state index is 12.8. The zero-order chi connectivity index (χ0) is 16.1. The third kappa shape index (κ3) is 4.22. The van der Waals surface area contributed by atoms with Crippen LogP contribution in [0.25, 0.3) is 0 Å². The second-order valence-electron chi connectivity index (χ2n) is 5.12. The van der Waals surface area contributed by atoms with Gasteiger partial charge in [0.2, 0.25) is 0 Å². The minimum absolute atomic E-state index is 0.192. The summed E-state index contributed by atoms with van der Waals surface area (Å²) in [7, 11) is 0. The van der Waals surface area contributed by atoms with Gasteiger partial charge in [-0.3, -0.25) is 0 Å². The predicted octanol–water partition coefficient (Wildman–Crippen LogP) is 3.55. The van der Waals surface area contributed by atoms with Crippen molar-refractivity contribution < 1.29 is 18.7 Å². The molecule has 116 valence electrons. The fourth-order valence-electron chi connectivity index (χ4n) is 1.83. The van der Waals surface area contributed by atoms with E-state index in [1.165, 1.54) is 18.2 Å². The third-order valence-electron chi connectivity index (χ3n) is 2.90. The second-order valence-corrected chi connectivity index (χ2v) is 5.12. The van der Waals surface area contributed by atoms with Crippen molar-refractivity contribution >= 4 is 11.7 Å². The van der Waals surface area contributed by atoms with Crippen LogP contribution in [-0.4, -0.2) is 12.1 Å². The van der Waals surface area contributed by atoms with Gasteiger partial charge >= 0.3 is 5.97 Å². The molecule has 0 radical (unpaired) electrons. The maximum Gasteiger partial charge on any atom is 0.338 e. The van der Waals surface area contributed by atoms with Crippen LogP contribution in [0.2, 0.25) is 0 Å². The van der Waals surface area contributed by atoms with Crippen LogP contribution in [0.3, 0.4) is 0 Å². The van der Waals surface area contributed by atoms with Crippen LogP contribution in [0, 0.1) is 5.82 Å². The number of carbonyl (C=O) groups excluding carboxylic acids is 1. The molecule has 0 heterocycles. The number of benzene rings is 2. The fourth-order valence-corrected chi connectivity index (χ4v) is 1.83. The molecule has 22 heavy (non-hydrogen) atoms. The maximum absolute atomic E-state index is 12.8. The number of esters is 1. The van der Waals surface area contributed by atoms with E-state index in [2.05, 4.69) is 0 Å². The summed E-state index contributed by atoms with van der Waals surface area (Å²) < 4.78 is 23.5. The van der Waals surface area contributed by atoms with Crippen LogP contribution in [0.4, 0.5) is 10.1 Å². The molecule has 0 atom stereocenters. The van der Waals surface area contributed by atoms with Crippen LogP contribution in [0.1, 0.15) is 29.8 Å². The van der Waals surface area contributed by atoms with E-state index < -0.39 is 5.97 Å². The van der Waals surface area contributed by atoms with Gasteiger partial charge in [-0.05, 0) is 49.7 Å². The first kappa shape index (κ1) is 15.8. The van der Waals surface area contributed by atoms with Gasteiger partial charge in [0.15, 0.2) is 0 Å². The zero-order valence-electron chi connectivity index (χ0n) is 12.5. The number of nitrogen functional groups attached to an aromatic ring is 1. The Labute approximate surface area is 128 Å². The fraction of sp³-hybridized carbons (Fsp3) is 0.235. The number of nitrogens with two attached hydrogens (primary N) is 1. The number of ether oxygens (including phenoxy) is 2. The topological polar surface area (TPSA) is 61.5 Å². The van der Waals surface area contributed by atoms with Gasteiger partial charge in [0.05, 0.1) is 17.4 Å². The number of hydrogen-bond donors (Lipinski definition) is 1. The van der Waals surface area contributed by atoms with E-state index in [1.807, 2.05) is 0 Å². The molecule has 0 unspecified atom stereocenters. The van der Waals surface area contributed by atoms with Crippen molar-refractivity contribution in [2.75, 3.05) is 5.73 Å². The third-order valence-corrected chi connectivity index (χ3v) is 2.90. The molecule has 0 aromatic heterocycles. The second kappa shape index (κ2) is 6.93. The summed E-state index contributed by atoms with van der Waals surface area (Å²) in [5.74, 6) is -0.256. The highest BCUT2D eigenvalue weighted by Crippen LogP contribution is 2.24. The van der Waals surface area contributed by atoms with Gasteiger partial charge in [-0.1, -0.05) is 12.1 Å². The summed E-state index contributed by atoms with van der Waals surface area (Å²) in [6, 6.07) is 10.8. The van der Waals surface area contributed by atoms with Crippen molar-refractivity contribution in [1.29, 1.82) is 0 Å². The van der Waals surface area contributed by atoms with E-state index in [0.29, 0.717) is 17.0 Å². The first-order valence-corrected chi connectivity index (χ1v) is 6.93. The van der Waals surface area contributed by atoms with Crippen molar-refractivity contribution in [3.05, 3.63) is 59.4 Å². The summed E-state index contributed by atoms with van der Waals surface area (Å²) in [5.41, 5.74) is 7.43. The number of carbonyl (C=O) groups is 1. The number of anilines is 1. The summed E-state index contributed by atoms with van der Waals surface area (Å²) in [4.78, 5) is 11.8. The number of hydrogen-bond acceptors (Lipinski definition) is 4. The lowest BCUT2D eigenvalue weighted by Gasteiger charge is -2.11. The van der Waals surface area contributed by atoms with Crippen LogP contribution < -0.4 is 10.5 Å². The quantitative estimate of drug-likeness (QED) is 0.678. The molecular weight excluding hydrogens is 285 g/mol. The highest BCUT2D eigenvalue weighted by Gasteiger charge is 2.11. The van der Waals surface area contributed by atoms with Gasteiger partial charge in [0, 0.05) is 0 Å². The molecule has 5 heteroatoms. The Kier molecular flexibility index (Phi) is 4.99. The van der Waals surface area contributed by atoms with Crippen LogP contribution in [0.5, 0.6) is 5.75 Å². The molecule has 2 N–H and O–H groups in total. The first-order chi connectivity index (χ1) is 10.5. The summed E-state index contributed by atoms with van der Waals surface area (Å²) >= 11 is 0. The smallest absolute Gasteiger partial charge is 0.338 e. The Morgan fingerprint density at radius 2 is 1.86 bits per heavy atom. The summed E-state index contributed by atoms with van der Waals surface area (Å²) in [6.45, 7) is 3.82. The summed E-state index contributed by atoms with van der Waals surface area (Å²) in [6.07, 6.45) is -0.192. The van der Waals surface area contributed by atoms with Crippen LogP contribution in [-0.2, 0) is 11.3 Å². The molecule has 0 aliphatic heterocycles. The first-order valence-electron chi connectivity index (χ1n) is 6.93. The van der Waals surface area contributed by atoms with E-state index in [9.17, 15) is 9.18 Å². The Balaban J connectivity index is 2.03. The normalized spacial score (nSPS) is 10.5. The van der Waals surface area contributed by atoms with E-state index in [-0.39, 0.29) is 18.5 Å². The summed E-state index contributed by atoms with van der Waals surface area (Å²) in [5, 5.41) is 0. The Hall–Kier alpha value is -2.56. The average molecular weight is 303 g/mol. The molecule has 4 nitrogen and oxygen atoms in total. The molecule has 0 spiro atoms. The standard InChI is InChI=1S/C17H18FNO3/c1-11(2)22-17(20)13-5-8-16(15(19)9-13)21-10-12-3-6-14(18)7-4-12/h3-9,11H,10,19H2,1-2H3. The SMILES string of the molecule is CC(C)OC(=O)c1ccc(OCc2ccc(F)cc2)c(N)c1. The number of rotatable bonds is 5. The lowest BCUT2D eigenvalue weighted by Crippen LogP contribution is -2.12. The van der Waals surface area contributed by atoms with Crippen LogP contribution >= 0.6 is 0 Å². The Bertz CT molecular complexity index is 653. The minimum atomic E-state index is -0.424. The Morgan fingerprint density at radius 3 is 2.45 bits per heavy atom. The molecule has 2 aromatic rings. The van der Waals surface area contributed by atoms with E-state index in [1.54, 1.807) is 38.1 Å². The zero-order valence-corrected chi connectivity index (χ0v) is 12.5. The molecule has 2 rings (SSSR count). The van der Waals surface area contributed by atoms with Crippen molar-refractivity contribution in [3.63, 3.8) is 0 Å². The number of halogens is 1. The van der Waals surface area contributed by atoms with Gasteiger partial charge in [-0.2, -0.15) is 0 Å². The molecule has 0 saturated carbocycles.